The Morgan fingerprint density at radius 2 is 2.00 bits per heavy atom. The molecule has 0 heterocycles. The summed E-state index contributed by atoms with van der Waals surface area (Å²) in [4.78, 5) is 0. The zero-order valence-electron chi connectivity index (χ0n) is 8.07. The summed E-state index contributed by atoms with van der Waals surface area (Å²) in [5, 5.41) is 17.9. The van der Waals surface area contributed by atoms with Crippen molar-refractivity contribution in [3.8, 4) is 17.2 Å². The Kier molecular flexibility index (Phi) is 3.55. The van der Waals surface area contributed by atoms with Gasteiger partial charge in [0.05, 0.1) is 14.2 Å². The molecule has 1 rings (SSSR count). The van der Waals surface area contributed by atoms with Gasteiger partial charge in [-0.25, -0.2) is 5.48 Å². The van der Waals surface area contributed by atoms with Gasteiger partial charge in [0, 0.05) is 18.2 Å². The molecule has 5 nitrogen and oxygen atoms in total. The van der Waals surface area contributed by atoms with E-state index in [0.29, 0.717) is 17.1 Å². The maximum absolute atomic E-state index is 9.33. The topological polar surface area (TPSA) is 71.0 Å². The highest BCUT2D eigenvalue weighted by Crippen LogP contribution is 2.34. The summed E-state index contributed by atoms with van der Waals surface area (Å²) in [5.41, 5.74) is 2.61. The lowest BCUT2D eigenvalue weighted by Crippen LogP contribution is -2.08. The van der Waals surface area contributed by atoms with Gasteiger partial charge in [0.1, 0.15) is 5.75 Å². The molecule has 0 spiro atoms. The van der Waals surface area contributed by atoms with Crippen molar-refractivity contribution in [2.45, 2.75) is 6.54 Å². The number of hydroxylamine groups is 1. The van der Waals surface area contributed by atoms with Crippen molar-refractivity contribution in [1.82, 2.24) is 5.48 Å². The van der Waals surface area contributed by atoms with Crippen LogP contribution in [0.4, 0.5) is 0 Å². The average Bonchev–Trinajstić information content (AvgIpc) is 2.17. The molecule has 0 radical (unpaired) electrons. The maximum atomic E-state index is 9.33. The van der Waals surface area contributed by atoms with Crippen molar-refractivity contribution in [2.24, 2.45) is 0 Å². The molecular formula is C9H13NO4. The Bertz CT molecular complexity index is 314. The van der Waals surface area contributed by atoms with E-state index in [-0.39, 0.29) is 12.3 Å². The first-order valence-electron chi connectivity index (χ1n) is 4.03. The molecule has 1 aromatic carbocycles. The van der Waals surface area contributed by atoms with Gasteiger partial charge >= 0.3 is 0 Å². The smallest absolute Gasteiger partial charge is 0.165 e. The molecule has 0 amide bonds. The zero-order valence-corrected chi connectivity index (χ0v) is 8.07. The lowest BCUT2D eigenvalue weighted by Gasteiger charge is -2.12. The van der Waals surface area contributed by atoms with Crippen molar-refractivity contribution in [3.05, 3.63) is 17.7 Å². The van der Waals surface area contributed by atoms with Gasteiger partial charge in [-0.1, -0.05) is 0 Å². The van der Waals surface area contributed by atoms with Gasteiger partial charge in [0.15, 0.2) is 11.5 Å². The Balaban J connectivity index is 3.17. The molecule has 0 saturated carbocycles. The fourth-order valence-electron chi connectivity index (χ4n) is 1.24. The molecule has 78 valence electrons. The zero-order chi connectivity index (χ0) is 10.6. The van der Waals surface area contributed by atoms with Crippen LogP contribution >= 0.6 is 0 Å². The van der Waals surface area contributed by atoms with Crippen LogP contribution in [0.2, 0.25) is 0 Å². The van der Waals surface area contributed by atoms with Gasteiger partial charge < -0.3 is 19.8 Å². The predicted octanol–water partition coefficient (Wildman–Crippen LogP) is 0.888. The highest BCUT2D eigenvalue weighted by atomic mass is 16.5. The summed E-state index contributed by atoms with van der Waals surface area (Å²) >= 11 is 0. The minimum absolute atomic E-state index is 0.0629. The van der Waals surface area contributed by atoms with Gasteiger partial charge in [-0.05, 0) is 6.07 Å². The van der Waals surface area contributed by atoms with Crippen LogP contribution in [0.1, 0.15) is 5.56 Å². The van der Waals surface area contributed by atoms with E-state index in [0.717, 1.165) is 0 Å². The third-order valence-electron chi connectivity index (χ3n) is 1.81. The number of phenols is 1. The summed E-state index contributed by atoms with van der Waals surface area (Å²) in [6, 6.07) is 2.93. The molecule has 0 aliphatic carbocycles. The number of hydrogen-bond acceptors (Lipinski definition) is 5. The molecule has 0 fully saturated rings. The van der Waals surface area contributed by atoms with E-state index < -0.39 is 0 Å². The van der Waals surface area contributed by atoms with Crippen LogP contribution in [0, 0.1) is 0 Å². The van der Waals surface area contributed by atoms with Crippen molar-refractivity contribution >= 4 is 0 Å². The second kappa shape index (κ2) is 4.69. The van der Waals surface area contributed by atoms with Gasteiger partial charge in [-0.3, -0.25) is 0 Å². The number of rotatable bonds is 4. The monoisotopic (exact) mass is 199 g/mol. The van der Waals surface area contributed by atoms with Crippen LogP contribution in [0.15, 0.2) is 12.1 Å². The fraction of sp³-hybridized carbons (Fsp3) is 0.333. The Labute approximate surface area is 81.8 Å². The van der Waals surface area contributed by atoms with E-state index in [1.165, 1.54) is 26.4 Å². The van der Waals surface area contributed by atoms with Crippen LogP contribution in [0.5, 0.6) is 17.2 Å². The van der Waals surface area contributed by atoms with Crippen molar-refractivity contribution in [2.75, 3.05) is 14.2 Å². The molecule has 1 aromatic rings. The second-order valence-electron chi connectivity index (χ2n) is 2.68. The summed E-state index contributed by atoms with van der Waals surface area (Å²) in [6.07, 6.45) is 0. The van der Waals surface area contributed by atoms with Crippen LogP contribution in [-0.2, 0) is 6.54 Å². The Morgan fingerprint density at radius 3 is 2.50 bits per heavy atom. The van der Waals surface area contributed by atoms with Gasteiger partial charge in [0.25, 0.3) is 0 Å². The molecule has 0 unspecified atom stereocenters. The van der Waals surface area contributed by atoms with Crippen LogP contribution in [0.3, 0.4) is 0 Å². The first kappa shape index (κ1) is 10.6. The summed E-state index contributed by atoms with van der Waals surface area (Å²) < 4.78 is 10.1. The Hall–Kier alpha value is -1.46. The first-order valence-corrected chi connectivity index (χ1v) is 4.03. The molecule has 0 aromatic heterocycles. The van der Waals surface area contributed by atoms with Gasteiger partial charge in [-0.15, -0.1) is 0 Å². The third-order valence-corrected chi connectivity index (χ3v) is 1.81. The summed E-state index contributed by atoms with van der Waals surface area (Å²) in [5.74, 6) is 0.984. The standard InChI is InChI=1S/C9H13NO4/c1-13-8-4-7(11)3-6(5-10-12)9(8)14-2/h3-4,10-12H,5H2,1-2H3. The normalized spacial score (nSPS) is 9.93. The van der Waals surface area contributed by atoms with Crippen LogP contribution < -0.4 is 15.0 Å². The number of benzene rings is 1. The molecule has 0 aliphatic heterocycles. The minimum atomic E-state index is 0.0629. The summed E-state index contributed by atoms with van der Waals surface area (Å²) in [6.45, 7) is 0.175. The number of ether oxygens (including phenoxy) is 2. The number of phenolic OH excluding ortho intramolecular Hbond substituents is 1. The fourth-order valence-corrected chi connectivity index (χ4v) is 1.24. The molecule has 0 aliphatic rings. The summed E-state index contributed by atoms with van der Waals surface area (Å²) in [7, 11) is 2.98. The number of methoxy groups -OCH3 is 2. The lowest BCUT2D eigenvalue weighted by atomic mass is 10.1. The molecule has 0 saturated heterocycles. The van der Waals surface area contributed by atoms with E-state index in [1.54, 1.807) is 0 Å². The quantitative estimate of drug-likeness (QED) is 0.628. The molecule has 0 bridgehead atoms. The van der Waals surface area contributed by atoms with Gasteiger partial charge in [-0.2, -0.15) is 0 Å². The Morgan fingerprint density at radius 1 is 1.29 bits per heavy atom. The van der Waals surface area contributed by atoms with E-state index >= 15 is 0 Å². The first-order chi connectivity index (χ1) is 6.72. The lowest BCUT2D eigenvalue weighted by molar-refractivity contribution is 0.160. The second-order valence-corrected chi connectivity index (χ2v) is 2.68. The molecule has 14 heavy (non-hydrogen) atoms. The van der Waals surface area contributed by atoms with Crippen molar-refractivity contribution in [1.29, 1.82) is 0 Å². The molecule has 5 heteroatoms. The highest BCUT2D eigenvalue weighted by Gasteiger charge is 2.11. The van der Waals surface area contributed by atoms with E-state index in [4.69, 9.17) is 14.7 Å². The van der Waals surface area contributed by atoms with Crippen LogP contribution in [0.25, 0.3) is 0 Å². The van der Waals surface area contributed by atoms with E-state index in [9.17, 15) is 5.11 Å². The maximum Gasteiger partial charge on any atom is 0.165 e. The SMILES string of the molecule is COc1cc(O)cc(CNO)c1OC. The van der Waals surface area contributed by atoms with E-state index in [2.05, 4.69) is 0 Å². The van der Waals surface area contributed by atoms with Crippen LogP contribution in [-0.4, -0.2) is 24.5 Å². The van der Waals surface area contributed by atoms with Gasteiger partial charge in [0.2, 0.25) is 0 Å². The minimum Gasteiger partial charge on any atom is -0.508 e. The van der Waals surface area contributed by atoms with E-state index in [1.807, 2.05) is 5.48 Å². The number of nitrogens with one attached hydrogen (secondary N) is 1. The average molecular weight is 199 g/mol. The molecule has 0 atom stereocenters. The van der Waals surface area contributed by atoms with Crippen molar-refractivity contribution < 1.29 is 19.8 Å². The molecular weight excluding hydrogens is 186 g/mol. The highest BCUT2D eigenvalue weighted by molar-refractivity contribution is 5.51. The third kappa shape index (κ3) is 2.07. The predicted molar refractivity (Wildman–Crippen MR) is 49.8 cm³/mol. The largest absolute Gasteiger partial charge is 0.508 e. The molecule has 3 N–H and O–H groups in total. The van der Waals surface area contributed by atoms with Crippen molar-refractivity contribution in [3.63, 3.8) is 0 Å². The number of aromatic hydroxyl groups is 1. The number of hydrogen-bond donors (Lipinski definition) is 3.